The summed E-state index contributed by atoms with van der Waals surface area (Å²) in [5.74, 6) is -0.832. The van der Waals surface area contributed by atoms with Crippen molar-refractivity contribution < 1.29 is 9.90 Å². The van der Waals surface area contributed by atoms with Gasteiger partial charge in [-0.1, -0.05) is 6.07 Å². The third kappa shape index (κ3) is 2.32. The van der Waals surface area contributed by atoms with Crippen molar-refractivity contribution in [2.24, 2.45) is 0 Å². The number of carbonyl (C=O) groups is 1. The van der Waals surface area contributed by atoms with Crippen LogP contribution in [0.1, 0.15) is 32.6 Å². The van der Waals surface area contributed by atoms with Crippen LogP contribution in [0.4, 0.5) is 0 Å². The van der Waals surface area contributed by atoms with Crippen LogP contribution < -0.4 is 0 Å². The minimum absolute atomic E-state index is 0. The molecular weight excluding hydrogens is 279 g/mol. The molecular formula is C11H17InO2. The van der Waals surface area contributed by atoms with Crippen molar-refractivity contribution in [3.63, 3.8) is 0 Å². The summed E-state index contributed by atoms with van der Waals surface area (Å²) in [4.78, 5) is 10.9. The van der Waals surface area contributed by atoms with Gasteiger partial charge in [0, 0.05) is 0 Å². The van der Waals surface area contributed by atoms with Gasteiger partial charge in [-0.2, -0.15) is 0 Å². The molecule has 0 atom stereocenters. The molecule has 0 aromatic heterocycles. The summed E-state index contributed by atoms with van der Waals surface area (Å²) in [6.45, 7) is 7.58. The van der Waals surface area contributed by atoms with Gasteiger partial charge in [-0.15, -0.1) is 0 Å². The van der Waals surface area contributed by atoms with Crippen molar-refractivity contribution >= 4 is 31.8 Å². The molecule has 0 heterocycles. The minimum atomic E-state index is -0.832. The van der Waals surface area contributed by atoms with Crippen LogP contribution in [0.2, 0.25) is 0 Å². The van der Waals surface area contributed by atoms with E-state index in [1.165, 1.54) is 0 Å². The molecule has 2 nitrogen and oxygen atoms in total. The molecule has 0 bridgehead atoms. The van der Waals surface area contributed by atoms with E-state index < -0.39 is 5.97 Å². The summed E-state index contributed by atoms with van der Waals surface area (Å²) in [6, 6.07) is 2.02. The zero-order chi connectivity index (χ0) is 10.2. The normalized spacial score (nSPS) is 9.43. The standard InChI is InChI=1S/C11H14O2.In.3H/c1-6-5-7(2)9(4)10(8(6)3)11(12)13;;;;/h5H,1-4H3,(H,12,13);;;;. The second-order valence-corrected chi connectivity index (χ2v) is 3.44. The number of carboxylic acids is 1. The average Bonchev–Trinajstić information content (AvgIpc) is 2.01. The Morgan fingerprint density at radius 3 is 1.71 bits per heavy atom. The molecule has 14 heavy (non-hydrogen) atoms. The Labute approximate surface area is 103 Å². The van der Waals surface area contributed by atoms with Crippen LogP contribution in [-0.4, -0.2) is 36.9 Å². The van der Waals surface area contributed by atoms with Crippen molar-refractivity contribution in [1.29, 1.82) is 0 Å². The quantitative estimate of drug-likeness (QED) is 0.851. The van der Waals surface area contributed by atoms with E-state index in [4.69, 9.17) is 5.11 Å². The third-order valence-corrected chi connectivity index (χ3v) is 2.58. The number of aryl methyl sites for hydroxylation is 2. The first kappa shape index (κ1) is 13.6. The van der Waals surface area contributed by atoms with Gasteiger partial charge in [-0.25, -0.2) is 4.79 Å². The van der Waals surface area contributed by atoms with Crippen LogP contribution in [0.5, 0.6) is 0 Å². The first-order chi connectivity index (χ1) is 5.95. The number of hydrogen-bond donors (Lipinski definition) is 1. The van der Waals surface area contributed by atoms with Gasteiger partial charge < -0.3 is 5.11 Å². The van der Waals surface area contributed by atoms with Gasteiger partial charge in [-0.05, 0) is 49.9 Å². The predicted molar refractivity (Wildman–Crippen MR) is 62.3 cm³/mol. The number of hydrogen-bond acceptors (Lipinski definition) is 1. The molecule has 1 rings (SSSR count). The van der Waals surface area contributed by atoms with Gasteiger partial charge in [0.2, 0.25) is 0 Å². The van der Waals surface area contributed by atoms with E-state index in [1.54, 1.807) is 0 Å². The third-order valence-electron chi connectivity index (χ3n) is 2.58. The number of aromatic carboxylic acids is 1. The number of carboxylic acid groups (broad SMARTS) is 1. The van der Waals surface area contributed by atoms with E-state index in [1.807, 2.05) is 33.8 Å². The van der Waals surface area contributed by atoms with Crippen molar-refractivity contribution in [1.82, 2.24) is 0 Å². The first-order valence-corrected chi connectivity index (χ1v) is 4.26. The summed E-state index contributed by atoms with van der Waals surface area (Å²) in [6.07, 6.45) is 0. The topological polar surface area (TPSA) is 37.3 Å². The van der Waals surface area contributed by atoms with E-state index in [9.17, 15) is 4.79 Å². The molecule has 0 unspecified atom stereocenters. The predicted octanol–water partition coefficient (Wildman–Crippen LogP) is 1.43. The first-order valence-electron chi connectivity index (χ1n) is 4.26. The average molecular weight is 296 g/mol. The van der Waals surface area contributed by atoms with Crippen LogP contribution in [0.15, 0.2) is 6.07 Å². The molecule has 3 heteroatoms. The summed E-state index contributed by atoms with van der Waals surface area (Å²) >= 11 is 0. The van der Waals surface area contributed by atoms with Crippen molar-refractivity contribution in [3.05, 3.63) is 33.9 Å². The fourth-order valence-corrected chi connectivity index (χ4v) is 1.54. The molecule has 0 aliphatic heterocycles. The Kier molecular flexibility index (Phi) is 4.72. The van der Waals surface area contributed by atoms with Gasteiger partial charge in [0.25, 0.3) is 0 Å². The zero-order valence-corrected chi connectivity index (χ0v) is 8.43. The molecule has 0 radical (unpaired) electrons. The maximum absolute atomic E-state index is 10.9. The fourth-order valence-electron chi connectivity index (χ4n) is 1.54. The van der Waals surface area contributed by atoms with Crippen LogP contribution in [0.3, 0.4) is 0 Å². The molecule has 0 aliphatic rings. The number of benzene rings is 1. The summed E-state index contributed by atoms with van der Waals surface area (Å²) in [7, 11) is 0. The van der Waals surface area contributed by atoms with Crippen molar-refractivity contribution in [2.45, 2.75) is 27.7 Å². The summed E-state index contributed by atoms with van der Waals surface area (Å²) < 4.78 is 0. The van der Waals surface area contributed by atoms with Gasteiger partial charge in [0.15, 0.2) is 0 Å². The fraction of sp³-hybridized carbons (Fsp3) is 0.364. The molecule has 0 fully saturated rings. The molecule has 0 saturated carbocycles. The van der Waals surface area contributed by atoms with E-state index in [0.29, 0.717) is 5.56 Å². The molecule has 0 saturated heterocycles. The SMILES string of the molecule is Cc1cc(C)c(C)c(C(=O)O)c1C.[InH3]. The van der Waals surface area contributed by atoms with Gasteiger partial charge >= 0.3 is 31.8 Å². The molecule has 1 aromatic rings. The van der Waals surface area contributed by atoms with Crippen LogP contribution in [-0.2, 0) is 0 Å². The van der Waals surface area contributed by atoms with E-state index in [2.05, 4.69) is 0 Å². The van der Waals surface area contributed by atoms with E-state index in [-0.39, 0.29) is 25.8 Å². The molecule has 76 valence electrons. The second kappa shape index (κ2) is 4.87. The van der Waals surface area contributed by atoms with Crippen LogP contribution >= 0.6 is 0 Å². The summed E-state index contributed by atoms with van der Waals surface area (Å²) in [5, 5.41) is 9.00. The number of rotatable bonds is 1. The van der Waals surface area contributed by atoms with E-state index >= 15 is 0 Å². The molecule has 0 spiro atoms. The maximum atomic E-state index is 10.9. The van der Waals surface area contributed by atoms with Gasteiger partial charge in [0.1, 0.15) is 0 Å². The molecule has 0 amide bonds. The Bertz CT molecular complexity index is 344. The zero-order valence-electron chi connectivity index (χ0n) is 8.43. The second-order valence-electron chi connectivity index (χ2n) is 3.44. The molecule has 1 aromatic carbocycles. The van der Waals surface area contributed by atoms with E-state index in [0.717, 1.165) is 22.3 Å². The molecule has 0 aliphatic carbocycles. The molecule has 1 N–H and O–H groups in total. The van der Waals surface area contributed by atoms with Crippen molar-refractivity contribution in [2.75, 3.05) is 0 Å². The van der Waals surface area contributed by atoms with Crippen molar-refractivity contribution in [3.8, 4) is 0 Å². The van der Waals surface area contributed by atoms with Gasteiger partial charge in [-0.3, -0.25) is 0 Å². The Hall–Kier alpha value is -0.440. The van der Waals surface area contributed by atoms with Crippen LogP contribution in [0, 0.1) is 27.7 Å². The monoisotopic (exact) mass is 296 g/mol. The Morgan fingerprint density at radius 2 is 1.43 bits per heavy atom. The van der Waals surface area contributed by atoms with Crippen LogP contribution in [0.25, 0.3) is 0 Å². The Balaban J connectivity index is 0.00000169. The summed E-state index contributed by atoms with van der Waals surface area (Å²) in [5.41, 5.74) is 4.28. The Morgan fingerprint density at radius 1 is 1.07 bits per heavy atom. The van der Waals surface area contributed by atoms with Gasteiger partial charge in [0.05, 0.1) is 5.56 Å².